The maximum atomic E-state index is 5.16. The van der Waals surface area contributed by atoms with Crippen LogP contribution in [-0.4, -0.2) is 12.4 Å². The summed E-state index contributed by atoms with van der Waals surface area (Å²) < 4.78 is 9.75. The maximum Gasteiger partial charge on any atom is 0.480 e. The molecule has 10 heavy (non-hydrogen) atoms. The molecule has 0 bridgehead atoms. The molecule has 0 saturated carbocycles. The monoisotopic (exact) mass is 201 g/mol. The fourth-order valence-electron chi connectivity index (χ4n) is 0.414. The van der Waals surface area contributed by atoms with E-state index in [4.69, 9.17) is 22.2 Å². The molecule has 0 saturated heterocycles. The highest BCUT2D eigenvalue weighted by Gasteiger charge is 2.31. The number of hydrogen-bond donors (Lipinski definition) is 1. The highest BCUT2D eigenvalue weighted by molar-refractivity contribution is 8.67. The Kier molecular flexibility index (Phi) is 6.01. The Bertz CT molecular complexity index is 122. The van der Waals surface area contributed by atoms with Crippen molar-refractivity contribution in [1.82, 2.24) is 0 Å². The molecule has 61 valence electrons. The predicted octanol–water partition coefficient (Wildman–Crippen LogP) is 1.89. The Morgan fingerprint density at radius 2 is 2.30 bits per heavy atom. The van der Waals surface area contributed by atoms with Crippen molar-refractivity contribution in [3.8, 4) is 0 Å². The molecule has 0 fully saturated rings. The first-order valence-electron chi connectivity index (χ1n) is 2.96. The number of hydrogen-bond acceptors (Lipinski definition) is 5. The average Bonchev–Trinajstić information content (AvgIpc) is 1.89. The van der Waals surface area contributed by atoms with Crippen molar-refractivity contribution in [1.29, 1.82) is 0 Å². The summed E-state index contributed by atoms with van der Waals surface area (Å²) >= 11 is 6.47. The Morgan fingerprint density at radius 3 is 2.60 bits per heavy atom. The van der Waals surface area contributed by atoms with Gasteiger partial charge in [-0.2, -0.15) is 4.62 Å². The molecule has 0 rings (SSSR count). The second-order valence-corrected chi connectivity index (χ2v) is 7.94. The van der Waals surface area contributed by atoms with Crippen molar-refractivity contribution in [2.45, 2.75) is 13.8 Å². The van der Waals surface area contributed by atoms with Crippen LogP contribution in [0.5, 0.6) is 0 Å². The highest BCUT2D eigenvalue weighted by atomic mass is 32.9. The van der Waals surface area contributed by atoms with Gasteiger partial charge in [-0.05, 0) is 11.4 Å². The molecule has 3 nitrogen and oxygen atoms in total. The van der Waals surface area contributed by atoms with E-state index in [0.29, 0.717) is 6.61 Å². The standard InChI is InChI=1S/C4H12NO2PS2/c1-3-6-8(9,7-5)10-4-2/h3-5H2,1-2H3/q+1. The van der Waals surface area contributed by atoms with Crippen LogP contribution in [0.3, 0.4) is 0 Å². The smallest absolute Gasteiger partial charge is 0.204 e. The molecule has 0 aromatic rings. The largest absolute Gasteiger partial charge is 0.480 e. The summed E-state index contributed by atoms with van der Waals surface area (Å²) in [6.45, 7) is 4.42. The van der Waals surface area contributed by atoms with Gasteiger partial charge in [0.2, 0.25) is 6.61 Å². The second kappa shape index (κ2) is 5.52. The van der Waals surface area contributed by atoms with E-state index in [0.717, 1.165) is 5.75 Å². The van der Waals surface area contributed by atoms with Crippen molar-refractivity contribution in [3.63, 3.8) is 0 Å². The molecule has 0 aliphatic rings. The number of nitrogens with two attached hydrogens (primary N) is 1. The van der Waals surface area contributed by atoms with Gasteiger partial charge in [0.1, 0.15) is 0 Å². The summed E-state index contributed by atoms with van der Waals surface area (Å²) in [6.07, 6.45) is 0. The average molecular weight is 201 g/mol. The molecule has 0 amide bonds. The Labute approximate surface area is 70.5 Å². The lowest BCUT2D eigenvalue weighted by Crippen LogP contribution is -1.97. The molecule has 1 atom stereocenters. The molecule has 0 heterocycles. The molecule has 6 heteroatoms. The van der Waals surface area contributed by atoms with E-state index >= 15 is 0 Å². The minimum absolute atomic E-state index is 0.557. The topological polar surface area (TPSA) is 46.5 Å². The van der Waals surface area contributed by atoms with Gasteiger partial charge < -0.3 is 0 Å². The predicted molar refractivity (Wildman–Crippen MR) is 49.3 cm³/mol. The van der Waals surface area contributed by atoms with E-state index < -0.39 is 5.69 Å². The van der Waals surface area contributed by atoms with Crippen LogP contribution >= 0.6 is 17.1 Å². The summed E-state index contributed by atoms with van der Waals surface area (Å²) in [5.41, 5.74) is -2.17. The first-order valence-corrected chi connectivity index (χ1v) is 7.19. The van der Waals surface area contributed by atoms with Crippen molar-refractivity contribution in [2.75, 3.05) is 12.4 Å². The van der Waals surface area contributed by atoms with Crippen LogP contribution in [0, 0.1) is 0 Å². The third-order valence-corrected chi connectivity index (χ3v) is 5.93. The van der Waals surface area contributed by atoms with Gasteiger partial charge in [0.15, 0.2) is 0 Å². The molecule has 0 aliphatic heterocycles. The molecule has 0 aromatic heterocycles. The Morgan fingerprint density at radius 1 is 1.70 bits per heavy atom. The SMILES string of the molecule is CC[O+]P(=S)(ON)SCC. The second-order valence-electron chi connectivity index (χ2n) is 1.39. The van der Waals surface area contributed by atoms with Crippen LogP contribution in [0.15, 0.2) is 0 Å². The zero-order valence-electron chi connectivity index (χ0n) is 6.07. The van der Waals surface area contributed by atoms with Gasteiger partial charge in [-0.3, -0.25) is 0 Å². The summed E-state index contributed by atoms with van der Waals surface area (Å²) in [6, 6.07) is 0. The first-order chi connectivity index (χ1) is 4.68. The van der Waals surface area contributed by atoms with Crippen LogP contribution in [0.25, 0.3) is 0 Å². The highest BCUT2D eigenvalue weighted by Crippen LogP contribution is 2.59. The van der Waals surface area contributed by atoms with Crippen LogP contribution in [0.4, 0.5) is 0 Å². The fraction of sp³-hybridized carbons (Fsp3) is 1.00. The maximum absolute atomic E-state index is 5.16. The lowest BCUT2D eigenvalue weighted by atomic mass is 10.9. The van der Waals surface area contributed by atoms with E-state index in [1.54, 1.807) is 0 Å². The number of rotatable bonds is 5. The summed E-state index contributed by atoms with van der Waals surface area (Å²) in [5, 5.41) is 0. The summed E-state index contributed by atoms with van der Waals surface area (Å²) in [4.78, 5) is 0. The summed E-state index contributed by atoms with van der Waals surface area (Å²) in [7, 11) is 0. The molecule has 2 N–H and O–H groups in total. The van der Waals surface area contributed by atoms with E-state index in [1.165, 1.54) is 11.4 Å². The van der Waals surface area contributed by atoms with Gasteiger partial charge in [-0.25, -0.2) is 5.90 Å². The molecular formula is C4H12NO2PS2+. The van der Waals surface area contributed by atoms with Crippen LogP contribution in [0.1, 0.15) is 13.8 Å². The summed E-state index contributed by atoms with van der Waals surface area (Å²) in [5.74, 6) is 5.85. The van der Waals surface area contributed by atoms with E-state index in [9.17, 15) is 0 Å². The first kappa shape index (κ1) is 10.9. The van der Waals surface area contributed by atoms with Crippen LogP contribution in [0.2, 0.25) is 0 Å². The third kappa shape index (κ3) is 3.91. The molecule has 0 aliphatic carbocycles. The third-order valence-electron chi connectivity index (χ3n) is 0.704. The Hall–Kier alpha value is 0.880. The van der Waals surface area contributed by atoms with E-state index in [2.05, 4.69) is 4.62 Å². The minimum atomic E-state index is -2.17. The van der Waals surface area contributed by atoms with E-state index in [-0.39, 0.29) is 0 Å². The quantitative estimate of drug-likeness (QED) is 0.418. The van der Waals surface area contributed by atoms with Gasteiger partial charge >= 0.3 is 5.69 Å². The lowest BCUT2D eigenvalue weighted by Gasteiger charge is -2.02. The lowest BCUT2D eigenvalue weighted by molar-refractivity contribution is 0.276. The molecule has 1 unspecified atom stereocenters. The van der Waals surface area contributed by atoms with Gasteiger partial charge in [-0.15, -0.1) is 0 Å². The van der Waals surface area contributed by atoms with Crippen LogP contribution < -0.4 is 5.90 Å². The van der Waals surface area contributed by atoms with Gasteiger partial charge in [-0.1, -0.05) is 11.4 Å². The minimum Gasteiger partial charge on any atom is -0.204 e. The Balaban J connectivity index is 3.83. The normalized spacial score (nSPS) is 16.7. The molecular weight excluding hydrogens is 189 g/mol. The van der Waals surface area contributed by atoms with Crippen molar-refractivity contribution >= 4 is 28.9 Å². The van der Waals surface area contributed by atoms with Gasteiger partial charge in [0.25, 0.3) is 0 Å². The van der Waals surface area contributed by atoms with E-state index in [1.807, 2.05) is 13.8 Å². The van der Waals surface area contributed by atoms with Crippen molar-refractivity contribution in [2.24, 2.45) is 5.90 Å². The van der Waals surface area contributed by atoms with Gasteiger partial charge in [0.05, 0.1) is 0 Å². The molecule has 0 aromatic carbocycles. The van der Waals surface area contributed by atoms with Gasteiger partial charge in [0, 0.05) is 24.5 Å². The fourth-order valence-corrected chi connectivity index (χ4v) is 4.18. The molecule has 0 spiro atoms. The zero-order valence-corrected chi connectivity index (χ0v) is 8.60. The zero-order chi connectivity index (χ0) is 8.04. The van der Waals surface area contributed by atoms with Crippen LogP contribution in [-0.2, 0) is 21.0 Å². The van der Waals surface area contributed by atoms with Crippen molar-refractivity contribution < 1.29 is 9.15 Å². The van der Waals surface area contributed by atoms with Crippen molar-refractivity contribution in [3.05, 3.63) is 0 Å². The molecule has 1 radical (unpaired) electrons.